The highest BCUT2D eigenvalue weighted by Crippen LogP contribution is 2.18. The number of rotatable bonds is 5. The van der Waals surface area contributed by atoms with Gasteiger partial charge in [-0.2, -0.15) is 5.10 Å². The number of anilines is 1. The minimum absolute atomic E-state index is 0.139. The molecule has 1 amide bonds. The van der Waals surface area contributed by atoms with Crippen molar-refractivity contribution >= 4 is 11.7 Å². The highest BCUT2D eigenvalue weighted by Gasteiger charge is 2.23. The van der Waals surface area contributed by atoms with Gasteiger partial charge in [-0.1, -0.05) is 24.3 Å². The van der Waals surface area contributed by atoms with Crippen LogP contribution in [0.15, 0.2) is 59.5 Å². The number of pyridine rings is 1. The summed E-state index contributed by atoms with van der Waals surface area (Å²) in [6, 6.07) is 14.7. The molecule has 1 fully saturated rings. The molecule has 0 radical (unpaired) electrons. The van der Waals surface area contributed by atoms with Crippen LogP contribution < -0.4 is 15.6 Å². The molecule has 32 heavy (non-hydrogen) atoms. The van der Waals surface area contributed by atoms with Gasteiger partial charge in [-0.25, -0.2) is 9.67 Å². The number of hydrogen-bond donors (Lipinski definition) is 1. The lowest BCUT2D eigenvalue weighted by molar-refractivity contribution is -0.00546. The van der Waals surface area contributed by atoms with Crippen LogP contribution in [-0.4, -0.2) is 46.0 Å². The number of carbonyl (C=O) groups is 1. The quantitative estimate of drug-likeness (QED) is 0.665. The molecule has 3 heterocycles. The number of benzene rings is 1. The maximum absolute atomic E-state index is 12.7. The van der Waals surface area contributed by atoms with E-state index < -0.39 is 11.3 Å². The first-order chi connectivity index (χ1) is 15.4. The molecule has 1 aliphatic heterocycles. The summed E-state index contributed by atoms with van der Waals surface area (Å²) < 4.78 is 7.37. The Morgan fingerprint density at radius 1 is 1.12 bits per heavy atom. The first-order valence-corrected chi connectivity index (χ1v) is 10.7. The maximum atomic E-state index is 12.7. The van der Waals surface area contributed by atoms with Crippen molar-refractivity contribution < 1.29 is 9.53 Å². The van der Waals surface area contributed by atoms with Crippen molar-refractivity contribution in [2.24, 2.45) is 0 Å². The number of nitrogens with one attached hydrogen (secondary N) is 1. The molecule has 2 aromatic heterocycles. The van der Waals surface area contributed by atoms with E-state index in [1.165, 1.54) is 6.07 Å². The van der Waals surface area contributed by atoms with E-state index in [9.17, 15) is 9.59 Å². The molecule has 1 aliphatic rings. The summed E-state index contributed by atoms with van der Waals surface area (Å²) in [5, 5.41) is 7.08. The van der Waals surface area contributed by atoms with E-state index in [0.29, 0.717) is 5.69 Å². The van der Waals surface area contributed by atoms with E-state index in [1.54, 1.807) is 17.8 Å². The topological polar surface area (TPSA) is 89.3 Å². The highest BCUT2D eigenvalue weighted by atomic mass is 16.5. The molecule has 2 unspecified atom stereocenters. The summed E-state index contributed by atoms with van der Waals surface area (Å²) in [7, 11) is 0. The lowest BCUT2D eigenvalue weighted by Gasteiger charge is -2.36. The summed E-state index contributed by atoms with van der Waals surface area (Å²) >= 11 is 0. The number of aromatic nitrogens is 3. The third-order valence-electron chi connectivity index (χ3n) is 5.33. The van der Waals surface area contributed by atoms with E-state index in [1.807, 2.05) is 42.5 Å². The molecule has 4 rings (SSSR count). The molecule has 3 aromatic rings. The van der Waals surface area contributed by atoms with Crippen LogP contribution >= 0.6 is 0 Å². The van der Waals surface area contributed by atoms with Gasteiger partial charge in [-0.3, -0.25) is 9.59 Å². The number of morpholine rings is 1. The van der Waals surface area contributed by atoms with E-state index in [-0.39, 0.29) is 24.4 Å². The molecule has 0 aliphatic carbocycles. The van der Waals surface area contributed by atoms with Crippen LogP contribution in [0.4, 0.5) is 5.82 Å². The Labute approximate surface area is 186 Å². The fourth-order valence-electron chi connectivity index (χ4n) is 3.87. The number of aryl methyl sites for hydroxylation is 1. The van der Waals surface area contributed by atoms with Gasteiger partial charge in [-0.05, 0) is 44.5 Å². The third-order valence-corrected chi connectivity index (χ3v) is 5.33. The van der Waals surface area contributed by atoms with Crippen LogP contribution in [0, 0.1) is 6.92 Å². The van der Waals surface area contributed by atoms with Gasteiger partial charge in [0, 0.05) is 37.6 Å². The van der Waals surface area contributed by atoms with Gasteiger partial charge in [0.05, 0.1) is 17.9 Å². The Kier molecular flexibility index (Phi) is 6.32. The summed E-state index contributed by atoms with van der Waals surface area (Å²) in [5.41, 5.74) is 1.73. The monoisotopic (exact) mass is 433 g/mol. The van der Waals surface area contributed by atoms with E-state index in [4.69, 9.17) is 4.74 Å². The Hall–Kier alpha value is -3.52. The van der Waals surface area contributed by atoms with Crippen molar-refractivity contribution in [1.82, 2.24) is 20.1 Å². The van der Waals surface area contributed by atoms with Crippen LogP contribution in [0.5, 0.6) is 0 Å². The standard InChI is InChI=1S/C24H27N5O3/c1-16-11-21(30)23(27-29(16)20-7-5-4-6-8-20)24(31)26-13-19-9-10-22(25-12-19)28-14-17(2)32-18(3)15-28/h4-12,17-18H,13-15H2,1-3H3,(H,26,31). The molecule has 0 saturated carbocycles. The minimum Gasteiger partial charge on any atom is -0.372 e. The van der Waals surface area contributed by atoms with Gasteiger partial charge in [0.15, 0.2) is 5.69 Å². The van der Waals surface area contributed by atoms with Crippen molar-refractivity contribution in [3.63, 3.8) is 0 Å². The second kappa shape index (κ2) is 9.32. The molecule has 8 nitrogen and oxygen atoms in total. The Morgan fingerprint density at radius 2 is 1.84 bits per heavy atom. The van der Waals surface area contributed by atoms with E-state index >= 15 is 0 Å². The number of ether oxygens (including phenoxy) is 1. The van der Waals surface area contributed by atoms with Gasteiger partial charge < -0.3 is 15.0 Å². The minimum atomic E-state index is -0.514. The largest absolute Gasteiger partial charge is 0.372 e. The fraction of sp³-hybridized carbons (Fsp3) is 0.333. The second-order valence-electron chi connectivity index (χ2n) is 8.12. The Balaban J connectivity index is 1.44. The van der Waals surface area contributed by atoms with E-state index in [0.717, 1.165) is 30.2 Å². The van der Waals surface area contributed by atoms with Gasteiger partial charge in [0.1, 0.15) is 5.82 Å². The molecule has 2 atom stereocenters. The van der Waals surface area contributed by atoms with Crippen molar-refractivity contribution in [3.05, 3.63) is 81.9 Å². The zero-order valence-electron chi connectivity index (χ0n) is 18.5. The average Bonchev–Trinajstić information content (AvgIpc) is 2.78. The molecule has 0 spiro atoms. The van der Waals surface area contributed by atoms with Crippen molar-refractivity contribution in [1.29, 1.82) is 0 Å². The Morgan fingerprint density at radius 3 is 2.50 bits per heavy atom. The lowest BCUT2D eigenvalue weighted by atomic mass is 10.2. The molecule has 8 heteroatoms. The number of amides is 1. The summed E-state index contributed by atoms with van der Waals surface area (Å²) in [5.74, 6) is 0.368. The summed E-state index contributed by atoms with van der Waals surface area (Å²) in [6.45, 7) is 7.73. The first-order valence-electron chi connectivity index (χ1n) is 10.7. The lowest BCUT2D eigenvalue weighted by Crippen LogP contribution is -2.45. The molecule has 166 valence electrons. The zero-order valence-corrected chi connectivity index (χ0v) is 18.5. The number of carbonyl (C=O) groups excluding carboxylic acids is 1. The predicted molar refractivity (Wildman–Crippen MR) is 122 cm³/mol. The average molecular weight is 434 g/mol. The van der Waals surface area contributed by atoms with Crippen LogP contribution in [0.3, 0.4) is 0 Å². The Bertz CT molecular complexity index is 1130. The smallest absolute Gasteiger partial charge is 0.276 e. The molecule has 1 saturated heterocycles. The first kappa shape index (κ1) is 21.7. The predicted octanol–water partition coefficient (Wildman–Crippen LogP) is 2.48. The van der Waals surface area contributed by atoms with Crippen LogP contribution in [-0.2, 0) is 11.3 Å². The second-order valence-corrected chi connectivity index (χ2v) is 8.12. The van der Waals surface area contributed by atoms with Crippen LogP contribution in [0.2, 0.25) is 0 Å². The number of hydrogen-bond acceptors (Lipinski definition) is 6. The molecular formula is C24H27N5O3. The highest BCUT2D eigenvalue weighted by molar-refractivity contribution is 5.92. The number of nitrogens with zero attached hydrogens (tertiary/aromatic N) is 4. The van der Waals surface area contributed by atoms with Crippen molar-refractivity contribution in [2.75, 3.05) is 18.0 Å². The van der Waals surface area contributed by atoms with Gasteiger partial charge in [0.25, 0.3) is 5.91 Å². The molecule has 1 N–H and O–H groups in total. The van der Waals surface area contributed by atoms with Gasteiger partial charge >= 0.3 is 0 Å². The van der Waals surface area contributed by atoms with Crippen LogP contribution in [0.1, 0.15) is 35.6 Å². The molecule has 0 bridgehead atoms. The SMILES string of the molecule is Cc1cc(=O)c(C(=O)NCc2ccc(N3CC(C)OC(C)C3)nc2)nn1-c1ccccc1. The van der Waals surface area contributed by atoms with Crippen molar-refractivity contribution in [3.8, 4) is 5.69 Å². The molecule has 1 aromatic carbocycles. The normalized spacial score (nSPS) is 18.4. The summed E-state index contributed by atoms with van der Waals surface area (Å²) in [6.07, 6.45) is 2.05. The van der Waals surface area contributed by atoms with Gasteiger partial charge in [0.2, 0.25) is 5.43 Å². The maximum Gasteiger partial charge on any atom is 0.276 e. The zero-order chi connectivity index (χ0) is 22.7. The van der Waals surface area contributed by atoms with Gasteiger partial charge in [-0.15, -0.1) is 0 Å². The van der Waals surface area contributed by atoms with Crippen LogP contribution in [0.25, 0.3) is 5.69 Å². The summed E-state index contributed by atoms with van der Waals surface area (Å²) in [4.78, 5) is 31.8. The number of para-hydroxylation sites is 1. The third kappa shape index (κ3) is 4.86. The fourth-order valence-corrected chi connectivity index (χ4v) is 3.87. The van der Waals surface area contributed by atoms with E-state index in [2.05, 4.69) is 34.1 Å². The molecular weight excluding hydrogens is 406 g/mol. The van der Waals surface area contributed by atoms with Crippen molar-refractivity contribution in [2.45, 2.75) is 39.5 Å².